The molecule has 1 aromatic carbocycles. The summed E-state index contributed by atoms with van der Waals surface area (Å²) >= 11 is 0. The number of hydrogen-bond acceptors (Lipinski definition) is 9. The molecule has 226 valence electrons. The van der Waals surface area contributed by atoms with Crippen LogP contribution in [0.15, 0.2) is 29.1 Å². The third kappa shape index (κ3) is 9.70. The smallest absolute Gasteiger partial charge is 0.327 e. The van der Waals surface area contributed by atoms with Crippen molar-refractivity contribution in [2.24, 2.45) is 0 Å². The van der Waals surface area contributed by atoms with E-state index in [2.05, 4.69) is 31.7 Å². The van der Waals surface area contributed by atoms with E-state index in [9.17, 15) is 14.7 Å². The lowest BCUT2D eigenvalue weighted by molar-refractivity contribution is -0.136. The number of aromatic nitrogens is 4. The van der Waals surface area contributed by atoms with Crippen LogP contribution in [0.5, 0.6) is 6.01 Å². The van der Waals surface area contributed by atoms with Gasteiger partial charge < -0.3 is 25.3 Å². The molecule has 0 unspecified atom stereocenters. The molecule has 13 heteroatoms. The fourth-order valence-electron chi connectivity index (χ4n) is 4.95. The van der Waals surface area contributed by atoms with Gasteiger partial charge in [-0.05, 0) is 43.5 Å². The van der Waals surface area contributed by atoms with Crippen molar-refractivity contribution >= 4 is 35.4 Å². The Kier molecular flexibility index (Phi) is 12.9. The van der Waals surface area contributed by atoms with Crippen LogP contribution in [0.2, 0.25) is 0 Å². The number of fused-ring (bicyclic) bond motifs is 1. The van der Waals surface area contributed by atoms with Crippen molar-refractivity contribution in [3.8, 4) is 6.01 Å². The Balaban J connectivity index is 0.00000462. The number of hydrogen-bond donors (Lipinski definition) is 3. The minimum absolute atomic E-state index is 0. The van der Waals surface area contributed by atoms with Crippen LogP contribution in [0, 0.1) is 0 Å². The molecular formula is C28H42ClN7O5. The van der Waals surface area contributed by atoms with E-state index in [1.807, 2.05) is 24.3 Å². The number of rotatable bonds is 16. The van der Waals surface area contributed by atoms with E-state index < -0.39 is 5.97 Å². The number of halogens is 1. The monoisotopic (exact) mass is 591 g/mol. The average molecular weight is 592 g/mol. The number of ether oxygens (including phenoxy) is 2. The van der Waals surface area contributed by atoms with Crippen LogP contribution >= 0.6 is 12.4 Å². The quantitative estimate of drug-likeness (QED) is 0.212. The summed E-state index contributed by atoms with van der Waals surface area (Å²) in [5.41, 5.74) is 8.55. The van der Waals surface area contributed by atoms with Crippen LogP contribution in [0.4, 0.5) is 5.82 Å². The largest absolute Gasteiger partial charge is 0.481 e. The molecule has 1 aliphatic heterocycles. The minimum Gasteiger partial charge on any atom is -0.481 e. The molecule has 0 bridgehead atoms. The van der Waals surface area contributed by atoms with Gasteiger partial charge in [0.25, 0.3) is 0 Å². The molecule has 1 fully saturated rings. The summed E-state index contributed by atoms with van der Waals surface area (Å²) in [4.78, 5) is 40.2. The number of morpholine rings is 1. The minimum atomic E-state index is -0.841. The number of aryl methyl sites for hydroxylation is 1. The van der Waals surface area contributed by atoms with Crippen LogP contribution in [-0.4, -0.2) is 92.9 Å². The van der Waals surface area contributed by atoms with E-state index in [0.29, 0.717) is 30.9 Å². The van der Waals surface area contributed by atoms with Gasteiger partial charge in [0, 0.05) is 32.7 Å². The zero-order chi connectivity index (χ0) is 28.3. The first-order chi connectivity index (χ1) is 19.4. The van der Waals surface area contributed by atoms with Crippen molar-refractivity contribution in [2.45, 2.75) is 52.1 Å². The first-order valence-corrected chi connectivity index (χ1v) is 14.1. The summed E-state index contributed by atoms with van der Waals surface area (Å²) < 4.78 is 12.7. The number of H-pyrrole nitrogens is 1. The Morgan fingerprint density at radius 1 is 1.15 bits per heavy atom. The number of benzene rings is 1. The normalized spacial score (nSPS) is 13.9. The molecule has 1 saturated heterocycles. The second-order valence-corrected chi connectivity index (χ2v) is 10.2. The number of aromatic amines is 1. The number of carboxylic acid groups (broad SMARTS) is 1. The van der Waals surface area contributed by atoms with Gasteiger partial charge in [-0.15, -0.1) is 12.4 Å². The summed E-state index contributed by atoms with van der Waals surface area (Å²) in [6.45, 7) is 9.82. The summed E-state index contributed by atoms with van der Waals surface area (Å²) in [7, 11) is 0. The lowest BCUT2D eigenvalue weighted by Gasteiger charge is -2.28. The Labute approximate surface area is 246 Å². The van der Waals surface area contributed by atoms with E-state index in [4.69, 9.17) is 15.2 Å². The van der Waals surface area contributed by atoms with Gasteiger partial charge in [0.2, 0.25) is 0 Å². The fraction of sp³-hybridized carbons (Fsp3) is 0.571. The Bertz CT molecular complexity index is 1310. The first kappa shape index (κ1) is 32.3. The number of nitrogen functional groups attached to an aromatic ring is 1. The molecule has 3 aromatic rings. The number of anilines is 1. The van der Waals surface area contributed by atoms with Gasteiger partial charge in [0.05, 0.1) is 26.2 Å². The maximum atomic E-state index is 12.8. The summed E-state index contributed by atoms with van der Waals surface area (Å²) in [6, 6.07) is 7.93. The molecule has 2 aromatic heterocycles. The Morgan fingerprint density at radius 2 is 1.88 bits per heavy atom. The van der Waals surface area contributed by atoms with Crippen molar-refractivity contribution in [1.29, 1.82) is 0 Å². The van der Waals surface area contributed by atoms with Crippen LogP contribution in [-0.2, 0) is 29.0 Å². The number of aliphatic carboxylic acids is 1. The zero-order valence-electron chi connectivity index (χ0n) is 23.7. The Hall–Kier alpha value is -3.19. The number of unbranched alkanes of at least 4 members (excludes halogenated alkanes) is 1. The van der Waals surface area contributed by atoms with Crippen LogP contribution < -0.4 is 16.2 Å². The SMILES string of the molecule is CCCCOc1nc(N)c2[nH]c(=O)n(CCCN(CCCN3CCOCC3)Cc3cccc(CC(=O)O)c3)c2n1.Cl. The number of carboxylic acids is 1. The first-order valence-electron chi connectivity index (χ1n) is 14.1. The fourth-order valence-corrected chi connectivity index (χ4v) is 4.95. The number of carbonyl (C=O) groups is 1. The van der Waals surface area contributed by atoms with Gasteiger partial charge in [0.1, 0.15) is 5.52 Å². The van der Waals surface area contributed by atoms with Gasteiger partial charge in [-0.1, -0.05) is 37.6 Å². The lowest BCUT2D eigenvalue weighted by atomic mass is 10.1. The highest BCUT2D eigenvalue weighted by atomic mass is 35.5. The van der Waals surface area contributed by atoms with Crippen LogP contribution in [0.3, 0.4) is 0 Å². The predicted octanol–water partition coefficient (Wildman–Crippen LogP) is 2.54. The highest BCUT2D eigenvalue weighted by Crippen LogP contribution is 2.18. The Morgan fingerprint density at radius 3 is 2.61 bits per heavy atom. The molecule has 1 aliphatic rings. The van der Waals surface area contributed by atoms with Gasteiger partial charge >= 0.3 is 17.7 Å². The van der Waals surface area contributed by atoms with Crippen molar-refractivity contribution in [2.75, 3.05) is 58.3 Å². The zero-order valence-corrected chi connectivity index (χ0v) is 24.5. The molecule has 41 heavy (non-hydrogen) atoms. The molecule has 0 amide bonds. The second kappa shape index (κ2) is 16.3. The lowest BCUT2D eigenvalue weighted by Crippen LogP contribution is -2.38. The average Bonchev–Trinajstić information content (AvgIpc) is 3.24. The third-order valence-corrected chi connectivity index (χ3v) is 7.02. The highest BCUT2D eigenvalue weighted by molar-refractivity contribution is 5.85. The van der Waals surface area contributed by atoms with Crippen LogP contribution in [0.25, 0.3) is 11.2 Å². The van der Waals surface area contributed by atoms with Crippen molar-refractivity contribution in [3.63, 3.8) is 0 Å². The number of nitrogens with zero attached hydrogens (tertiary/aromatic N) is 5. The molecule has 12 nitrogen and oxygen atoms in total. The van der Waals surface area contributed by atoms with Gasteiger partial charge in [0.15, 0.2) is 11.5 Å². The van der Waals surface area contributed by atoms with Gasteiger partial charge in [-0.2, -0.15) is 9.97 Å². The summed E-state index contributed by atoms with van der Waals surface area (Å²) in [5, 5.41) is 9.19. The number of nitrogens with one attached hydrogen (secondary N) is 1. The van der Waals surface area contributed by atoms with E-state index >= 15 is 0 Å². The number of imidazole rings is 1. The number of nitrogens with two attached hydrogens (primary N) is 1. The maximum Gasteiger partial charge on any atom is 0.327 e. The van der Waals surface area contributed by atoms with E-state index in [1.165, 1.54) is 0 Å². The maximum absolute atomic E-state index is 12.8. The van der Waals surface area contributed by atoms with Crippen molar-refractivity contribution in [3.05, 3.63) is 45.9 Å². The molecule has 0 radical (unpaired) electrons. The topological polar surface area (TPSA) is 152 Å². The molecular weight excluding hydrogens is 550 g/mol. The molecule has 0 aliphatic carbocycles. The van der Waals surface area contributed by atoms with E-state index in [1.54, 1.807) is 4.57 Å². The van der Waals surface area contributed by atoms with Crippen LogP contribution in [0.1, 0.15) is 43.7 Å². The van der Waals surface area contributed by atoms with E-state index in [0.717, 1.165) is 82.7 Å². The summed E-state index contributed by atoms with van der Waals surface area (Å²) in [6.07, 6.45) is 3.59. The molecule has 3 heterocycles. The molecule has 4 N–H and O–H groups in total. The molecule has 4 rings (SSSR count). The van der Waals surface area contributed by atoms with Crippen molar-refractivity contribution in [1.82, 2.24) is 29.3 Å². The molecule has 0 saturated carbocycles. The van der Waals surface area contributed by atoms with Crippen molar-refractivity contribution < 1.29 is 19.4 Å². The van der Waals surface area contributed by atoms with E-state index in [-0.39, 0.29) is 36.3 Å². The molecule has 0 spiro atoms. The summed E-state index contributed by atoms with van der Waals surface area (Å²) in [5.74, 6) is -0.648. The van der Waals surface area contributed by atoms with Gasteiger partial charge in [-0.25, -0.2) is 4.79 Å². The standard InChI is InChI=1S/C28H41N7O5.ClH/c1-2-3-15-40-27-31-25(29)24-26(32-27)35(28(38)30-24)12-6-11-34(10-5-9-33-13-16-39-17-14-33)20-22-8-4-7-21(18-22)19-23(36)37;/h4,7-8,18H,2-3,5-6,9-17,19-20H2,1H3,(H,30,38)(H,36,37)(H2,29,31,32);1H. The third-order valence-electron chi connectivity index (χ3n) is 7.02. The highest BCUT2D eigenvalue weighted by Gasteiger charge is 2.16. The second-order valence-electron chi connectivity index (χ2n) is 10.2. The van der Waals surface area contributed by atoms with Gasteiger partial charge in [-0.3, -0.25) is 19.2 Å². The molecule has 0 atom stereocenters. The predicted molar refractivity (Wildman–Crippen MR) is 160 cm³/mol.